The second kappa shape index (κ2) is 4.62. The van der Waals surface area contributed by atoms with Gasteiger partial charge in [0.2, 0.25) is 0 Å². The van der Waals surface area contributed by atoms with Crippen molar-refractivity contribution in [2.75, 3.05) is 25.0 Å². The molecule has 0 spiro atoms. The van der Waals surface area contributed by atoms with E-state index in [9.17, 15) is 0 Å². The van der Waals surface area contributed by atoms with Crippen molar-refractivity contribution in [1.82, 2.24) is 10.3 Å². The molecule has 0 amide bonds. The summed E-state index contributed by atoms with van der Waals surface area (Å²) in [6, 6.07) is 5.97. The maximum Gasteiger partial charge on any atom is 0.125 e. The number of rotatable bonds is 3. The molecule has 2 heterocycles. The number of hydrogen-bond acceptors (Lipinski definition) is 3. The fourth-order valence-corrected chi connectivity index (χ4v) is 1.98. The van der Waals surface area contributed by atoms with E-state index < -0.39 is 0 Å². The molecule has 1 aliphatic heterocycles. The maximum atomic E-state index is 4.27. The zero-order valence-electron chi connectivity index (χ0n) is 9.29. The van der Waals surface area contributed by atoms with Gasteiger partial charge in [0.05, 0.1) is 0 Å². The fourth-order valence-electron chi connectivity index (χ4n) is 1.98. The Kier molecular flexibility index (Phi) is 3.21. The molecule has 1 fully saturated rings. The molecule has 3 nitrogen and oxygen atoms in total. The normalized spacial score (nSPS) is 19.8. The van der Waals surface area contributed by atoms with Crippen molar-refractivity contribution in [3.8, 4) is 0 Å². The molecule has 0 bridgehead atoms. The number of pyridine rings is 1. The molecule has 0 unspecified atom stereocenters. The lowest BCUT2D eigenvalue weighted by molar-refractivity contribution is 0.247. The average molecular weight is 205 g/mol. The number of nitrogens with one attached hydrogen (secondary N) is 2. The number of hydrogen-bond donors (Lipinski definition) is 2. The van der Waals surface area contributed by atoms with Gasteiger partial charge in [0, 0.05) is 12.7 Å². The molecular weight excluding hydrogens is 186 g/mol. The maximum absolute atomic E-state index is 4.27. The lowest BCUT2D eigenvalue weighted by Crippen LogP contribution is -2.39. The van der Waals surface area contributed by atoms with E-state index in [1.165, 1.54) is 12.8 Å². The minimum absolute atomic E-state index is 0.419. The van der Waals surface area contributed by atoms with Crippen molar-refractivity contribution >= 4 is 5.82 Å². The highest BCUT2D eigenvalue weighted by molar-refractivity contribution is 5.33. The van der Waals surface area contributed by atoms with E-state index in [1.807, 2.05) is 24.4 Å². The fraction of sp³-hybridized carbons (Fsp3) is 0.583. The van der Waals surface area contributed by atoms with Gasteiger partial charge in [-0.1, -0.05) is 13.0 Å². The predicted molar refractivity (Wildman–Crippen MR) is 62.9 cm³/mol. The van der Waals surface area contributed by atoms with Gasteiger partial charge in [-0.2, -0.15) is 0 Å². The molecule has 0 atom stereocenters. The lowest BCUT2D eigenvalue weighted by atomic mass is 9.81. The molecule has 0 aliphatic carbocycles. The molecule has 0 radical (unpaired) electrons. The zero-order chi connectivity index (χ0) is 10.6. The molecule has 82 valence electrons. The summed E-state index contributed by atoms with van der Waals surface area (Å²) in [4.78, 5) is 4.27. The lowest BCUT2D eigenvalue weighted by Gasteiger charge is -2.34. The molecule has 1 aromatic heterocycles. The van der Waals surface area contributed by atoms with Crippen LogP contribution in [0.25, 0.3) is 0 Å². The Morgan fingerprint density at radius 2 is 2.20 bits per heavy atom. The highest BCUT2D eigenvalue weighted by atomic mass is 15.0. The molecule has 0 aromatic carbocycles. The summed E-state index contributed by atoms with van der Waals surface area (Å²) < 4.78 is 0. The molecule has 15 heavy (non-hydrogen) atoms. The van der Waals surface area contributed by atoms with Gasteiger partial charge in [-0.15, -0.1) is 0 Å². The van der Waals surface area contributed by atoms with Crippen LogP contribution in [0.3, 0.4) is 0 Å². The van der Waals surface area contributed by atoms with Gasteiger partial charge < -0.3 is 10.6 Å². The first-order valence-electron chi connectivity index (χ1n) is 5.64. The highest BCUT2D eigenvalue weighted by Crippen LogP contribution is 2.27. The van der Waals surface area contributed by atoms with Crippen molar-refractivity contribution in [2.24, 2.45) is 5.41 Å². The summed E-state index contributed by atoms with van der Waals surface area (Å²) in [7, 11) is 0. The summed E-state index contributed by atoms with van der Waals surface area (Å²) in [5, 5.41) is 6.81. The van der Waals surface area contributed by atoms with Crippen molar-refractivity contribution in [3.05, 3.63) is 24.4 Å². The van der Waals surface area contributed by atoms with Crippen LogP contribution in [-0.4, -0.2) is 24.6 Å². The summed E-state index contributed by atoms with van der Waals surface area (Å²) in [6.07, 6.45) is 4.31. The van der Waals surface area contributed by atoms with E-state index in [0.29, 0.717) is 5.41 Å². The van der Waals surface area contributed by atoms with Gasteiger partial charge in [0.15, 0.2) is 0 Å². The van der Waals surface area contributed by atoms with E-state index in [1.54, 1.807) is 0 Å². The first-order chi connectivity index (χ1) is 7.29. The van der Waals surface area contributed by atoms with Crippen molar-refractivity contribution in [1.29, 1.82) is 0 Å². The van der Waals surface area contributed by atoms with Gasteiger partial charge in [0.1, 0.15) is 5.82 Å². The van der Waals surface area contributed by atoms with Crippen molar-refractivity contribution in [2.45, 2.75) is 19.8 Å². The van der Waals surface area contributed by atoms with Crippen molar-refractivity contribution in [3.63, 3.8) is 0 Å². The quantitative estimate of drug-likeness (QED) is 0.791. The summed E-state index contributed by atoms with van der Waals surface area (Å²) >= 11 is 0. The highest BCUT2D eigenvalue weighted by Gasteiger charge is 2.26. The largest absolute Gasteiger partial charge is 0.370 e. The van der Waals surface area contributed by atoms with Gasteiger partial charge >= 0.3 is 0 Å². The van der Waals surface area contributed by atoms with Crippen LogP contribution in [0.2, 0.25) is 0 Å². The number of nitrogens with zero attached hydrogens (tertiary/aromatic N) is 1. The van der Waals surface area contributed by atoms with Crippen LogP contribution in [0.1, 0.15) is 19.8 Å². The summed E-state index contributed by atoms with van der Waals surface area (Å²) in [5.74, 6) is 0.984. The smallest absolute Gasteiger partial charge is 0.125 e. The van der Waals surface area contributed by atoms with Crippen LogP contribution in [0.5, 0.6) is 0 Å². The van der Waals surface area contributed by atoms with E-state index in [0.717, 1.165) is 25.5 Å². The molecule has 1 aliphatic rings. The monoisotopic (exact) mass is 205 g/mol. The third kappa shape index (κ3) is 2.93. The molecule has 1 aromatic rings. The minimum atomic E-state index is 0.419. The molecule has 0 saturated carbocycles. The zero-order valence-corrected chi connectivity index (χ0v) is 9.29. The summed E-state index contributed by atoms with van der Waals surface area (Å²) in [6.45, 7) is 5.65. The first-order valence-corrected chi connectivity index (χ1v) is 5.64. The van der Waals surface area contributed by atoms with Crippen LogP contribution in [0, 0.1) is 5.41 Å². The van der Waals surface area contributed by atoms with Crippen LogP contribution < -0.4 is 10.6 Å². The second-order valence-corrected chi connectivity index (χ2v) is 4.63. The van der Waals surface area contributed by atoms with Crippen molar-refractivity contribution < 1.29 is 0 Å². The number of anilines is 1. The van der Waals surface area contributed by atoms with E-state index >= 15 is 0 Å². The Balaban J connectivity index is 1.87. The minimum Gasteiger partial charge on any atom is -0.370 e. The third-order valence-electron chi connectivity index (χ3n) is 3.17. The average Bonchev–Trinajstić information content (AvgIpc) is 2.29. The second-order valence-electron chi connectivity index (χ2n) is 4.63. The van der Waals surface area contributed by atoms with E-state index in [2.05, 4.69) is 22.5 Å². The van der Waals surface area contributed by atoms with E-state index in [-0.39, 0.29) is 0 Å². The molecule has 1 saturated heterocycles. The van der Waals surface area contributed by atoms with E-state index in [4.69, 9.17) is 0 Å². The topological polar surface area (TPSA) is 37.0 Å². The Morgan fingerprint density at radius 1 is 1.40 bits per heavy atom. The number of aromatic nitrogens is 1. The first kappa shape index (κ1) is 10.4. The van der Waals surface area contributed by atoms with Gasteiger partial charge in [0.25, 0.3) is 0 Å². The van der Waals surface area contributed by atoms with Crippen LogP contribution >= 0.6 is 0 Å². The molecule has 3 heteroatoms. The summed E-state index contributed by atoms with van der Waals surface area (Å²) in [5.41, 5.74) is 0.419. The Labute approximate surface area is 91.3 Å². The van der Waals surface area contributed by atoms with Gasteiger partial charge in [-0.25, -0.2) is 4.98 Å². The van der Waals surface area contributed by atoms with Gasteiger partial charge in [-0.05, 0) is 43.5 Å². The third-order valence-corrected chi connectivity index (χ3v) is 3.17. The molecule has 2 N–H and O–H groups in total. The number of piperidine rings is 1. The SMILES string of the molecule is CC1(CNc2ccccn2)CCNCC1. The van der Waals surface area contributed by atoms with Crippen LogP contribution in [-0.2, 0) is 0 Å². The van der Waals surface area contributed by atoms with Crippen LogP contribution in [0.15, 0.2) is 24.4 Å². The van der Waals surface area contributed by atoms with Crippen LogP contribution in [0.4, 0.5) is 5.82 Å². The Hall–Kier alpha value is -1.09. The Bertz CT molecular complexity index is 291. The molecular formula is C12H19N3. The predicted octanol–water partition coefficient (Wildman–Crippen LogP) is 1.88. The Morgan fingerprint density at radius 3 is 2.87 bits per heavy atom. The standard InChI is InChI=1S/C12H19N3/c1-12(5-8-13-9-6-12)10-15-11-4-2-3-7-14-11/h2-4,7,13H,5-6,8-10H2,1H3,(H,14,15). The van der Waals surface area contributed by atoms with Gasteiger partial charge in [-0.3, -0.25) is 0 Å². The molecule has 2 rings (SSSR count).